The van der Waals surface area contributed by atoms with Crippen LogP contribution >= 0.6 is 34.8 Å². The Kier molecular flexibility index (Phi) is 12.5. The van der Waals surface area contributed by atoms with Gasteiger partial charge in [-0.25, -0.2) is 0 Å². The second-order valence-electron chi connectivity index (χ2n) is 10.5. The van der Waals surface area contributed by atoms with Crippen LogP contribution in [-0.4, -0.2) is 36.8 Å². The maximum absolute atomic E-state index is 13.5. The number of hydrogen-bond acceptors (Lipinski definition) is 5. The molecule has 0 aliphatic rings. The third-order valence-electron chi connectivity index (χ3n) is 6.92. The molecule has 0 bridgehead atoms. The predicted molar refractivity (Wildman–Crippen MR) is 164 cm³/mol. The number of hydrogen-bond donors (Lipinski definition) is 1. The summed E-state index contributed by atoms with van der Waals surface area (Å²) < 4.78 is 51.2. The van der Waals surface area contributed by atoms with Gasteiger partial charge in [0.2, 0.25) is 11.7 Å². The van der Waals surface area contributed by atoms with Crippen molar-refractivity contribution in [3.63, 3.8) is 0 Å². The molecule has 0 saturated heterocycles. The highest BCUT2D eigenvalue weighted by Gasteiger charge is 2.45. The monoisotopic (exact) mass is 671 g/mol. The second kappa shape index (κ2) is 15.6. The Bertz CT molecular complexity index is 1460. The molecule has 0 saturated carbocycles. The molecule has 44 heavy (non-hydrogen) atoms. The van der Waals surface area contributed by atoms with Crippen LogP contribution < -0.4 is 14.8 Å². The lowest BCUT2D eigenvalue weighted by Gasteiger charge is -2.25. The average Bonchev–Trinajstić information content (AvgIpc) is 2.96. The van der Waals surface area contributed by atoms with E-state index in [4.69, 9.17) is 44.3 Å². The Morgan fingerprint density at radius 2 is 1.52 bits per heavy atom. The van der Waals surface area contributed by atoms with Crippen LogP contribution in [-0.2, 0) is 20.8 Å². The van der Waals surface area contributed by atoms with Crippen molar-refractivity contribution in [2.45, 2.75) is 51.4 Å². The van der Waals surface area contributed by atoms with Gasteiger partial charge in [0.15, 0.2) is 5.78 Å². The number of halogens is 6. The summed E-state index contributed by atoms with van der Waals surface area (Å²) in [5.74, 6) is -4.72. The van der Waals surface area contributed by atoms with Crippen molar-refractivity contribution in [3.8, 4) is 11.5 Å². The fourth-order valence-corrected chi connectivity index (χ4v) is 5.05. The lowest BCUT2D eigenvalue weighted by Crippen LogP contribution is -2.45. The Hall–Kier alpha value is -3.27. The Labute approximate surface area is 268 Å². The standard InChI is InChI=1S/C32H31Cl3F3NO5/c1-18(2)24(31(42)32(36,37)38)16-28(40)27(14-19-5-4-6-21(33)13-19)39-30(41)17-29(20-7-12-25(34)26(35)15-20)44-23-10-8-22(43-3)9-11-23/h4-13,15,18,24,27,29H,14,16-17H2,1-3H3,(H,39,41)/t24-,27-,29?/m0/s1. The second-order valence-corrected chi connectivity index (χ2v) is 11.7. The third kappa shape index (κ3) is 10.1. The summed E-state index contributed by atoms with van der Waals surface area (Å²) in [6, 6.07) is 16.7. The van der Waals surface area contributed by atoms with E-state index in [0.29, 0.717) is 32.7 Å². The van der Waals surface area contributed by atoms with E-state index in [2.05, 4.69) is 5.32 Å². The number of nitrogens with one attached hydrogen (secondary N) is 1. The number of carbonyl (C=O) groups is 3. The first-order valence-corrected chi connectivity index (χ1v) is 14.7. The number of methoxy groups -OCH3 is 1. The van der Waals surface area contributed by atoms with Crippen LogP contribution in [0.4, 0.5) is 13.2 Å². The van der Waals surface area contributed by atoms with Crippen LogP contribution in [0.15, 0.2) is 66.7 Å². The van der Waals surface area contributed by atoms with E-state index in [1.54, 1.807) is 66.7 Å². The molecule has 236 valence electrons. The lowest BCUT2D eigenvalue weighted by molar-refractivity contribution is -0.177. The minimum atomic E-state index is -5.10. The molecule has 1 unspecified atom stereocenters. The van der Waals surface area contributed by atoms with E-state index in [0.717, 1.165) is 0 Å². The van der Waals surface area contributed by atoms with Gasteiger partial charge in [-0.15, -0.1) is 0 Å². The molecule has 12 heteroatoms. The van der Waals surface area contributed by atoms with E-state index in [1.165, 1.54) is 21.0 Å². The molecule has 0 aromatic heterocycles. The number of ketones is 2. The summed E-state index contributed by atoms with van der Waals surface area (Å²) in [4.78, 5) is 39.1. The van der Waals surface area contributed by atoms with E-state index >= 15 is 0 Å². The minimum absolute atomic E-state index is 0.0626. The molecule has 0 aliphatic heterocycles. The number of carbonyl (C=O) groups excluding carboxylic acids is 3. The van der Waals surface area contributed by atoms with Gasteiger partial charge in [-0.1, -0.05) is 66.8 Å². The maximum Gasteiger partial charge on any atom is 0.450 e. The van der Waals surface area contributed by atoms with E-state index in [1.807, 2.05) is 0 Å². The molecule has 3 aromatic carbocycles. The largest absolute Gasteiger partial charge is 0.497 e. The normalized spacial score (nSPS) is 13.6. The summed E-state index contributed by atoms with van der Waals surface area (Å²) in [6.45, 7) is 2.87. The Morgan fingerprint density at radius 3 is 2.09 bits per heavy atom. The molecule has 3 aromatic rings. The summed E-state index contributed by atoms with van der Waals surface area (Å²) in [6.07, 6.45) is -7.06. The number of amides is 1. The van der Waals surface area contributed by atoms with Gasteiger partial charge in [0.25, 0.3) is 0 Å². The summed E-state index contributed by atoms with van der Waals surface area (Å²) in [5.41, 5.74) is 1.08. The van der Waals surface area contributed by atoms with Crippen molar-refractivity contribution >= 4 is 52.3 Å². The van der Waals surface area contributed by atoms with Gasteiger partial charge in [0.1, 0.15) is 17.6 Å². The summed E-state index contributed by atoms with van der Waals surface area (Å²) in [7, 11) is 1.52. The van der Waals surface area contributed by atoms with Crippen molar-refractivity contribution in [1.29, 1.82) is 0 Å². The van der Waals surface area contributed by atoms with E-state index in [-0.39, 0.29) is 17.9 Å². The zero-order chi connectivity index (χ0) is 32.6. The summed E-state index contributed by atoms with van der Waals surface area (Å²) in [5, 5.41) is 3.56. The van der Waals surface area contributed by atoms with E-state index < -0.39 is 54.1 Å². The van der Waals surface area contributed by atoms with Gasteiger partial charge in [-0.05, 0) is 72.0 Å². The lowest BCUT2D eigenvalue weighted by atomic mass is 9.84. The van der Waals surface area contributed by atoms with Crippen LogP contribution in [0.25, 0.3) is 0 Å². The quantitative estimate of drug-likeness (QED) is 0.187. The van der Waals surface area contributed by atoms with E-state index in [9.17, 15) is 27.6 Å². The van der Waals surface area contributed by atoms with Gasteiger partial charge >= 0.3 is 6.18 Å². The molecular formula is C32H31Cl3F3NO5. The van der Waals surface area contributed by atoms with Crippen molar-refractivity contribution in [2.75, 3.05) is 7.11 Å². The van der Waals surface area contributed by atoms with Crippen molar-refractivity contribution < 1.29 is 37.0 Å². The van der Waals surface area contributed by atoms with Gasteiger partial charge < -0.3 is 14.8 Å². The summed E-state index contributed by atoms with van der Waals surface area (Å²) >= 11 is 18.4. The van der Waals surface area contributed by atoms with Crippen molar-refractivity contribution in [2.24, 2.45) is 11.8 Å². The molecular weight excluding hydrogens is 642 g/mol. The fraction of sp³-hybridized carbons (Fsp3) is 0.344. The highest BCUT2D eigenvalue weighted by molar-refractivity contribution is 6.42. The minimum Gasteiger partial charge on any atom is -0.497 e. The smallest absolute Gasteiger partial charge is 0.450 e. The maximum atomic E-state index is 13.5. The van der Waals surface area contributed by atoms with Crippen LogP contribution in [0.5, 0.6) is 11.5 Å². The van der Waals surface area contributed by atoms with Gasteiger partial charge in [0, 0.05) is 17.4 Å². The van der Waals surface area contributed by atoms with Gasteiger partial charge in [-0.2, -0.15) is 13.2 Å². The molecule has 0 aliphatic carbocycles. The molecule has 1 amide bonds. The number of ether oxygens (including phenoxy) is 2. The predicted octanol–water partition coefficient (Wildman–Crippen LogP) is 8.26. The molecule has 1 N–H and O–H groups in total. The van der Waals surface area contributed by atoms with Gasteiger partial charge in [-0.3, -0.25) is 14.4 Å². The first-order valence-electron chi connectivity index (χ1n) is 13.6. The average molecular weight is 673 g/mol. The topological polar surface area (TPSA) is 81.7 Å². The van der Waals surface area contributed by atoms with Crippen molar-refractivity contribution in [3.05, 3.63) is 92.9 Å². The van der Waals surface area contributed by atoms with Crippen LogP contribution in [0.3, 0.4) is 0 Å². The first kappa shape index (κ1) is 35.2. The molecule has 0 heterocycles. The molecule has 3 atom stereocenters. The fourth-order valence-electron chi connectivity index (χ4n) is 4.53. The number of rotatable bonds is 14. The molecule has 6 nitrogen and oxygen atoms in total. The van der Waals surface area contributed by atoms with Crippen LogP contribution in [0, 0.1) is 11.8 Å². The number of Topliss-reactive ketones (excluding diaryl/α,β-unsaturated/α-hetero) is 2. The van der Waals surface area contributed by atoms with Crippen LogP contribution in [0.1, 0.15) is 43.9 Å². The SMILES string of the molecule is COc1ccc(OC(CC(=O)N[C@@H](Cc2cccc(Cl)c2)C(=O)C[C@H](C(=O)C(F)(F)F)C(C)C)c2ccc(Cl)c(Cl)c2)cc1. The highest BCUT2D eigenvalue weighted by atomic mass is 35.5. The molecule has 3 rings (SSSR count). The molecule has 0 fully saturated rings. The Morgan fingerprint density at radius 1 is 0.864 bits per heavy atom. The third-order valence-corrected chi connectivity index (χ3v) is 7.89. The zero-order valence-corrected chi connectivity index (χ0v) is 26.4. The van der Waals surface area contributed by atoms with Gasteiger partial charge in [0.05, 0.1) is 29.6 Å². The number of benzene rings is 3. The highest BCUT2D eigenvalue weighted by Crippen LogP contribution is 2.32. The van der Waals surface area contributed by atoms with Crippen LogP contribution in [0.2, 0.25) is 15.1 Å². The molecule has 0 spiro atoms. The zero-order valence-electron chi connectivity index (χ0n) is 24.1. The Balaban J connectivity index is 1.89. The first-order chi connectivity index (χ1) is 20.7. The van der Waals surface area contributed by atoms with Crippen molar-refractivity contribution in [1.82, 2.24) is 5.32 Å². The molecule has 0 radical (unpaired) electrons. The number of alkyl halides is 3.